The molecule has 0 unspecified atom stereocenters. The zero-order valence-electron chi connectivity index (χ0n) is 11.5. The Morgan fingerprint density at radius 2 is 1.75 bits per heavy atom. The SMILES string of the molecule is NCc1nn2c(C34CC5CC(CC(C5)C3)C4)nnc2s1. The van der Waals surface area contributed by atoms with E-state index in [0.717, 1.165) is 33.5 Å². The smallest absolute Gasteiger partial charge is 0.234 e. The van der Waals surface area contributed by atoms with Gasteiger partial charge in [-0.1, -0.05) is 11.3 Å². The van der Waals surface area contributed by atoms with Gasteiger partial charge in [-0.2, -0.15) is 9.61 Å². The predicted octanol–water partition coefficient (Wildman–Crippen LogP) is 2.11. The molecule has 0 spiro atoms. The summed E-state index contributed by atoms with van der Waals surface area (Å²) in [4.78, 5) is 0.913. The van der Waals surface area contributed by atoms with Crippen molar-refractivity contribution in [3.05, 3.63) is 10.8 Å². The number of nitrogens with two attached hydrogens (primary N) is 1. The monoisotopic (exact) mass is 289 g/mol. The van der Waals surface area contributed by atoms with E-state index in [9.17, 15) is 0 Å². The second-order valence-electron chi connectivity index (χ2n) is 7.12. The fourth-order valence-electron chi connectivity index (χ4n) is 5.45. The van der Waals surface area contributed by atoms with Gasteiger partial charge in [0.25, 0.3) is 0 Å². The fourth-order valence-corrected chi connectivity index (χ4v) is 6.17. The Kier molecular flexibility index (Phi) is 2.21. The first-order valence-electron chi connectivity index (χ1n) is 7.67. The minimum absolute atomic E-state index is 0.258. The standard InChI is InChI=1S/C14H19N5S/c15-7-11-18-19-12(16-17-13(19)20-11)14-4-8-1-9(5-14)3-10(2-8)6-14/h8-10H,1-7,15H2. The summed E-state index contributed by atoms with van der Waals surface area (Å²) in [7, 11) is 0. The van der Waals surface area contributed by atoms with Crippen molar-refractivity contribution in [2.24, 2.45) is 23.5 Å². The van der Waals surface area contributed by atoms with Gasteiger partial charge in [-0.15, -0.1) is 10.2 Å². The second-order valence-corrected chi connectivity index (χ2v) is 8.16. The topological polar surface area (TPSA) is 69.1 Å². The number of fused-ring (bicyclic) bond motifs is 1. The largest absolute Gasteiger partial charge is 0.324 e. The first-order valence-corrected chi connectivity index (χ1v) is 8.49. The van der Waals surface area contributed by atoms with E-state index in [1.165, 1.54) is 38.5 Å². The van der Waals surface area contributed by atoms with Crippen molar-refractivity contribution in [3.8, 4) is 0 Å². The van der Waals surface area contributed by atoms with Crippen LogP contribution in [0.5, 0.6) is 0 Å². The maximum atomic E-state index is 5.72. The number of hydrogen-bond acceptors (Lipinski definition) is 5. The Morgan fingerprint density at radius 3 is 2.35 bits per heavy atom. The van der Waals surface area contributed by atoms with Crippen LogP contribution in [0.25, 0.3) is 4.96 Å². The average molecular weight is 289 g/mol. The van der Waals surface area contributed by atoms with E-state index in [0.29, 0.717) is 6.54 Å². The zero-order valence-corrected chi connectivity index (χ0v) is 12.3. The number of hydrogen-bond donors (Lipinski definition) is 1. The van der Waals surface area contributed by atoms with Crippen LogP contribution in [0.3, 0.4) is 0 Å². The molecule has 20 heavy (non-hydrogen) atoms. The van der Waals surface area contributed by atoms with E-state index >= 15 is 0 Å². The molecule has 2 heterocycles. The van der Waals surface area contributed by atoms with Crippen molar-refractivity contribution < 1.29 is 0 Å². The molecule has 106 valence electrons. The Labute approximate surface area is 121 Å². The molecule has 4 bridgehead atoms. The van der Waals surface area contributed by atoms with Gasteiger partial charge in [-0.25, -0.2) is 0 Å². The molecule has 6 heteroatoms. The molecule has 5 nitrogen and oxygen atoms in total. The van der Waals surface area contributed by atoms with Gasteiger partial charge in [0.2, 0.25) is 4.96 Å². The summed E-state index contributed by atoms with van der Waals surface area (Å²) in [5.74, 6) is 3.88. The molecule has 4 fully saturated rings. The van der Waals surface area contributed by atoms with E-state index < -0.39 is 0 Å². The van der Waals surface area contributed by atoms with Crippen LogP contribution in [0.1, 0.15) is 49.4 Å². The fraction of sp³-hybridized carbons (Fsp3) is 0.786. The van der Waals surface area contributed by atoms with E-state index in [1.807, 2.05) is 4.52 Å². The van der Waals surface area contributed by atoms with Gasteiger partial charge in [0, 0.05) is 12.0 Å². The van der Waals surface area contributed by atoms with Crippen LogP contribution in [0.2, 0.25) is 0 Å². The summed E-state index contributed by atoms with van der Waals surface area (Å²) in [5.41, 5.74) is 5.97. The molecule has 6 rings (SSSR count). The maximum Gasteiger partial charge on any atom is 0.234 e. The van der Waals surface area contributed by atoms with Crippen molar-refractivity contribution in [1.82, 2.24) is 19.8 Å². The lowest BCUT2D eigenvalue weighted by Gasteiger charge is -2.55. The summed E-state index contributed by atoms with van der Waals surface area (Å²) >= 11 is 1.58. The molecule has 2 aromatic heterocycles. The van der Waals surface area contributed by atoms with E-state index in [-0.39, 0.29) is 5.41 Å². The van der Waals surface area contributed by atoms with Gasteiger partial charge < -0.3 is 5.73 Å². The Balaban J connectivity index is 1.65. The predicted molar refractivity (Wildman–Crippen MR) is 76.4 cm³/mol. The van der Waals surface area contributed by atoms with Crippen molar-refractivity contribution >= 4 is 16.3 Å². The lowest BCUT2D eigenvalue weighted by molar-refractivity contribution is -0.0103. The van der Waals surface area contributed by atoms with Crippen LogP contribution in [-0.4, -0.2) is 19.8 Å². The highest BCUT2D eigenvalue weighted by atomic mass is 32.1. The van der Waals surface area contributed by atoms with Crippen molar-refractivity contribution in [2.75, 3.05) is 0 Å². The molecule has 4 aliphatic carbocycles. The Morgan fingerprint density at radius 1 is 1.10 bits per heavy atom. The van der Waals surface area contributed by atoms with E-state index in [1.54, 1.807) is 11.3 Å². The van der Waals surface area contributed by atoms with E-state index in [2.05, 4.69) is 15.3 Å². The molecule has 2 N–H and O–H groups in total. The number of nitrogens with zero attached hydrogens (tertiary/aromatic N) is 4. The maximum absolute atomic E-state index is 5.72. The minimum atomic E-state index is 0.258. The lowest BCUT2D eigenvalue weighted by atomic mass is 9.49. The molecule has 0 amide bonds. The molecule has 0 radical (unpaired) electrons. The average Bonchev–Trinajstić information content (AvgIpc) is 2.95. The number of aromatic nitrogens is 4. The van der Waals surface area contributed by atoms with Crippen LogP contribution in [0.15, 0.2) is 0 Å². The van der Waals surface area contributed by atoms with Gasteiger partial charge in [-0.05, 0) is 56.3 Å². The van der Waals surface area contributed by atoms with Crippen molar-refractivity contribution in [2.45, 2.75) is 50.5 Å². The van der Waals surface area contributed by atoms with Gasteiger partial charge in [0.1, 0.15) is 5.01 Å². The molecule has 0 aromatic carbocycles. The van der Waals surface area contributed by atoms with Crippen LogP contribution < -0.4 is 5.73 Å². The third-order valence-electron chi connectivity index (χ3n) is 5.72. The summed E-state index contributed by atoms with van der Waals surface area (Å²) < 4.78 is 2.00. The molecular weight excluding hydrogens is 270 g/mol. The molecule has 2 aromatic rings. The highest BCUT2D eigenvalue weighted by Crippen LogP contribution is 2.60. The summed E-state index contributed by atoms with van der Waals surface area (Å²) in [6.45, 7) is 0.494. The first-order chi connectivity index (χ1) is 9.76. The van der Waals surface area contributed by atoms with Gasteiger partial charge in [0.05, 0.1) is 0 Å². The molecule has 0 atom stereocenters. The highest BCUT2D eigenvalue weighted by Gasteiger charge is 2.54. The normalized spacial score (nSPS) is 39.0. The summed E-state index contributed by atoms with van der Waals surface area (Å²) in [6, 6.07) is 0. The minimum Gasteiger partial charge on any atom is -0.324 e. The Hall–Kier alpha value is -1.01. The highest BCUT2D eigenvalue weighted by molar-refractivity contribution is 7.16. The molecule has 4 aliphatic rings. The van der Waals surface area contributed by atoms with E-state index in [4.69, 9.17) is 5.73 Å². The zero-order chi connectivity index (χ0) is 13.3. The molecule has 0 saturated heterocycles. The van der Waals surface area contributed by atoms with Crippen LogP contribution >= 0.6 is 11.3 Å². The molecule has 0 aliphatic heterocycles. The summed E-state index contributed by atoms with van der Waals surface area (Å²) in [5, 5.41) is 14.5. The Bertz CT molecular complexity index is 637. The van der Waals surface area contributed by atoms with Gasteiger partial charge >= 0.3 is 0 Å². The third-order valence-corrected chi connectivity index (χ3v) is 6.64. The second kappa shape index (κ2) is 3.80. The lowest BCUT2D eigenvalue weighted by Crippen LogP contribution is -2.49. The van der Waals surface area contributed by atoms with Crippen LogP contribution in [0, 0.1) is 17.8 Å². The van der Waals surface area contributed by atoms with Crippen molar-refractivity contribution in [3.63, 3.8) is 0 Å². The van der Waals surface area contributed by atoms with Gasteiger partial charge in [-0.3, -0.25) is 0 Å². The molecular formula is C14H19N5S. The van der Waals surface area contributed by atoms with Crippen LogP contribution in [0.4, 0.5) is 0 Å². The quantitative estimate of drug-likeness (QED) is 0.919. The number of rotatable bonds is 2. The van der Waals surface area contributed by atoms with Gasteiger partial charge in [0.15, 0.2) is 5.82 Å². The van der Waals surface area contributed by atoms with Crippen molar-refractivity contribution in [1.29, 1.82) is 0 Å². The molecule has 4 saturated carbocycles. The third kappa shape index (κ3) is 1.44. The summed E-state index contributed by atoms with van der Waals surface area (Å²) in [6.07, 6.45) is 8.25. The first kappa shape index (κ1) is 11.6. The van der Waals surface area contributed by atoms with Crippen LogP contribution in [-0.2, 0) is 12.0 Å².